The Morgan fingerprint density at radius 1 is 1.17 bits per heavy atom. The van der Waals surface area contributed by atoms with Crippen LogP contribution in [-0.2, 0) is 5.11 Å². The summed E-state index contributed by atoms with van der Waals surface area (Å²) in [6.07, 6.45) is 4.25. The average Bonchev–Trinajstić information content (AvgIpc) is 3.13. The summed E-state index contributed by atoms with van der Waals surface area (Å²) < 4.78 is 5.90. The second-order valence-corrected chi connectivity index (χ2v) is 6.41. The van der Waals surface area contributed by atoms with Gasteiger partial charge < -0.3 is 4.48 Å². The standard InChI is InChI=1S/C17H18BN4O2/c1-3-18(4-2)16-20(13-8-6-5-7-9-13)10-11-21(16)15-12-14(23)19-17(24)22(15)18/h5-12H,3-4H2,1-2H3/p+1. The first-order valence-corrected chi connectivity index (χ1v) is 8.37. The highest BCUT2D eigenvalue weighted by atomic mass is 16.3. The van der Waals surface area contributed by atoms with Crippen molar-refractivity contribution in [1.29, 1.82) is 0 Å². The summed E-state index contributed by atoms with van der Waals surface area (Å²) in [5.41, 5.74) is 1.74. The molecule has 121 valence electrons. The van der Waals surface area contributed by atoms with Crippen molar-refractivity contribution in [2.75, 3.05) is 0 Å². The second-order valence-electron chi connectivity index (χ2n) is 6.41. The lowest BCUT2D eigenvalue weighted by atomic mass is 9.31. The molecule has 1 aromatic carbocycles. The SMILES string of the molecule is CC[B-]1(CC)c2n(-c3ccccc3)cc[n+]2-c2cc(=O)[nH]c([O])[n+]21. The van der Waals surface area contributed by atoms with E-state index in [1.807, 2.05) is 47.3 Å². The maximum absolute atomic E-state index is 12.6. The molecule has 2 aromatic heterocycles. The lowest BCUT2D eigenvalue weighted by Crippen LogP contribution is -2.70. The number of hydrogen-bond donors (Lipinski definition) is 1. The lowest BCUT2D eigenvalue weighted by molar-refractivity contribution is -0.687. The summed E-state index contributed by atoms with van der Waals surface area (Å²) in [5, 5.41) is 12.6. The first-order valence-electron chi connectivity index (χ1n) is 8.37. The topological polar surface area (TPSA) is 65.5 Å². The van der Waals surface area contributed by atoms with Gasteiger partial charge >= 0.3 is 18.1 Å². The third kappa shape index (κ3) is 1.75. The van der Waals surface area contributed by atoms with Crippen molar-refractivity contribution < 1.29 is 14.2 Å². The Morgan fingerprint density at radius 2 is 1.88 bits per heavy atom. The Kier molecular flexibility index (Phi) is 3.13. The first kappa shape index (κ1) is 14.7. The monoisotopic (exact) mass is 322 g/mol. The van der Waals surface area contributed by atoms with Crippen molar-refractivity contribution >= 4 is 12.0 Å². The molecule has 0 spiro atoms. The smallest absolute Gasteiger partial charge is 0.338 e. The number of nitrogens with zero attached hydrogens (tertiary/aromatic N) is 3. The van der Waals surface area contributed by atoms with E-state index >= 15 is 0 Å². The minimum absolute atomic E-state index is 0.329. The number of fused-ring (bicyclic) bond motifs is 3. The minimum Gasteiger partial charge on any atom is -0.338 e. The predicted octanol–water partition coefficient (Wildman–Crippen LogP) is 0.928. The number of aromatic amines is 1. The molecular formula is C17H19BN4O2+. The zero-order chi connectivity index (χ0) is 16.9. The zero-order valence-electron chi connectivity index (χ0n) is 13.8. The molecule has 0 unspecified atom stereocenters. The fraction of sp³-hybridized carbons (Fsp3) is 0.235. The molecular weight excluding hydrogens is 303 g/mol. The van der Waals surface area contributed by atoms with Crippen molar-refractivity contribution in [1.82, 2.24) is 9.55 Å². The minimum atomic E-state index is -1.31. The molecule has 6 nitrogen and oxygen atoms in total. The second kappa shape index (κ2) is 5.09. The summed E-state index contributed by atoms with van der Waals surface area (Å²) >= 11 is 0. The molecule has 0 fully saturated rings. The molecule has 0 saturated carbocycles. The van der Waals surface area contributed by atoms with Crippen LogP contribution in [0.2, 0.25) is 12.6 Å². The number of nitrogens with one attached hydrogen (secondary N) is 1. The van der Waals surface area contributed by atoms with Crippen LogP contribution in [0.5, 0.6) is 6.01 Å². The van der Waals surface area contributed by atoms with E-state index in [2.05, 4.69) is 23.4 Å². The molecule has 0 saturated heterocycles. The van der Waals surface area contributed by atoms with Crippen molar-refractivity contribution in [2.45, 2.75) is 26.5 Å². The van der Waals surface area contributed by atoms with Gasteiger partial charge in [-0.3, -0.25) is 9.78 Å². The van der Waals surface area contributed by atoms with E-state index in [4.69, 9.17) is 0 Å². The highest BCUT2D eigenvalue weighted by molar-refractivity contribution is 6.83. The van der Waals surface area contributed by atoms with E-state index in [0.29, 0.717) is 5.82 Å². The summed E-state index contributed by atoms with van der Waals surface area (Å²) in [5.74, 6) is 0.650. The largest absolute Gasteiger partial charge is 0.397 e. The molecule has 1 radical (unpaired) electrons. The Balaban J connectivity index is 2.09. The van der Waals surface area contributed by atoms with Crippen molar-refractivity contribution in [3.05, 3.63) is 59.1 Å². The highest BCUT2D eigenvalue weighted by Gasteiger charge is 2.55. The lowest BCUT2D eigenvalue weighted by Gasteiger charge is -2.24. The fourth-order valence-electron chi connectivity index (χ4n) is 4.21. The number of para-hydroxylation sites is 1. The molecule has 1 aliphatic heterocycles. The number of aromatic nitrogens is 4. The van der Waals surface area contributed by atoms with Gasteiger partial charge in [0.1, 0.15) is 6.07 Å². The molecule has 0 bridgehead atoms. The van der Waals surface area contributed by atoms with Crippen LogP contribution in [0, 0.1) is 0 Å². The van der Waals surface area contributed by atoms with Gasteiger partial charge in [0.15, 0.2) is 18.1 Å². The van der Waals surface area contributed by atoms with Crippen molar-refractivity contribution in [3.8, 4) is 17.5 Å². The molecule has 3 aromatic rings. The number of imidazole rings is 1. The molecule has 0 atom stereocenters. The Morgan fingerprint density at radius 3 is 2.54 bits per heavy atom. The molecule has 1 N–H and O–H groups in total. The van der Waals surface area contributed by atoms with Gasteiger partial charge in [0.05, 0.1) is 0 Å². The van der Waals surface area contributed by atoms with Gasteiger partial charge in [0.2, 0.25) is 5.72 Å². The predicted molar refractivity (Wildman–Crippen MR) is 90.0 cm³/mol. The summed E-state index contributed by atoms with van der Waals surface area (Å²) in [7, 11) is 0. The van der Waals surface area contributed by atoms with Gasteiger partial charge in [-0.05, 0) is 12.1 Å². The van der Waals surface area contributed by atoms with Crippen molar-refractivity contribution in [3.63, 3.8) is 0 Å². The third-order valence-corrected chi connectivity index (χ3v) is 5.42. The molecule has 7 heteroatoms. The molecule has 1 aliphatic rings. The molecule has 4 rings (SSSR count). The van der Waals surface area contributed by atoms with E-state index in [-0.39, 0.29) is 11.6 Å². The van der Waals surface area contributed by atoms with Crippen LogP contribution in [0.3, 0.4) is 0 Å². The number of rotatable bonds is 3. The van der Waals surface area contributed by atoms with Crippen molar-refractivity contribution in [2.24, 2.45) is 0 Å². The Hall–Kier alpha value is -2.83. The van der Waals surface area contributed by atoms with Crippen LogP contribution in [0.4, 0.5) is 0 Å². The molecule has 3 heterocycles. The zero-order valence-corrected chi connectivity index (χ0v) is 13.8. The van der Waals surface area contributed by atoms with E-state index in [1.165, 1.54) is 6.07 Å². The van der Waals surface area contributed by atoms with Gasteiger partial charge in [0, 0.05) is 0 Å². The van der Waals surface area contributed by atoms with Gasteiger partial charge in [0.25, 0.3) is 5.56 Å². The van der Waals surface area contributed by atoms with Gasteiger partial charge in [-0.2, -0.15) is 9.13 Å². The molecule has 0 amide bonds. The third-order valence-electron chi connectivity index (χ3n) is 5.42. The average molecular weight is 322 g/mol. The van der Waals surface area contributed by atoms with Gasteiger partial charge in [-0.25, -0.2) is 5.11 Å². The normalized spacial score (nSPS) is 14.4. The van der Waals surface area contributed by atoms with Crippen LogP contribution in [0.1, 0.15) is 13.8 Å². The first-order chi connectivity index (χ1) is 11.6. The highest BCUT2D eigenvalue weighted by Crippen LogP contribution is 2.20. The quantitative estimate of drug-likeness (QED) is 0.566. The maximum Gasteiger partial charge on any atom is 0.397 e. The number of benzene rings is 1. The van der Waals surface area contributed by atoms with E-state index in [9.17, 15) is 9.90 Å². The van der Waals surface area contributed by atoms with Gasteiger partial charge in [-0.15, -0.1) is 12.6 Å². The Bertz CT molecular complexity index is 974. The molecule has 0 aliphatic carbocycles. The van der Waals surface area contributed by atoms with E-state index < -0.39 is 6.28 Å². The maximum atomic E-state index is 12.6. The summed E-state index contributed by atoms with van der Waals surface area (Å²) in [4.78, 5) is 14.3. The Labute approximate surface area is 139 Å². The van der Waals surface area contributed by atoms with Crippen LogP contribution >= 0.6 is 0 Å². The summed E-state index contributed by atoms with van der Waals surface area (Å²) in [6.45, 7) is 4.20. The molecule has 24 heavy (non-hydrogen) atoms. The van der Waals surface area contributed by atoms with Crippen LogP contribution in [-0.4, -0.2) is 15.8 Å². The summed E-state index contributed by atoms with van der Waals surface area (Å²) in [6, 6.07) is 11.2. The van der Waals surface area contributed by atoms with E-state index in [0.717, 1.165) is 24.1 Å². The number of H-pyrrole nitrogens is 1. The van der Waals surface area contributed by atoms with Crippen LogP contribution in [0.25, 0.3) is 11.5 Å². The van der Waals surface area contributed by atoms with E-state index in [1.54, 1.807) is 4.48 Å². The number of hydrogen-bond acceptors (Lipinski definition) is 1. The fourth-order valence-corrected chi connectivity index (χ4v) is 4.21. The van der Waals surface area contributed by atoms with Crippen LogP contribution < -0.4 is 20.3 Å². The van der Waals surface area contributed by atoms with Crippen LogP contribution in [0.15, 0.2) is 53.6 Å². The van der Waals surface area contributed by atoms with Gasteiger partial charge in [-0.1, -0.05) is 32.0 Å².